The fourth-order valence-electron chi connectivity index (χ4n) is 7.25. The number of H-pyrrole nitrogens is 2. The first-order chi connectivity index (χ1) is 28.1. The van der Waals surface area contributed by atoms with E-state index in [2.05, 4.69) is 66.9 Å². The number of hydrogen-bond donors (Lipinski definition) is 5. The van der Waals surface area contributed by atoms with Crippen molar-refractivity contribution in [2.24, 2.45) is 17.8 Å². The van der Waals surface area contributed by atoms with Gasteiger partial charge in [0, 0.05) is 18.4 Å². The van der Waals surface area contributed by atoms with E-state index in [4.69, 9.17) is 4.74 Å². The van der Waals surface area contributed by atoms with E-state index in [-0.39, 0.29) is 48.1 Å². The van der Waals surface area contributed by atoms with Crippen molar-refractivity contribution in [3.63, 3.8) is 0 Å². The van der Waals surface area contributed by atoms with Gasteiger partial charge < -0.3 is 40.3 Å². The lowest BCUT2D eigenvalue weighted by atomic mass is 9.78. The maximum absolute atomic E-state index is 13.6. The van der Waals surface area contributed by atoms with E-state index in [0.29, 0.717) is 58.3 Å². The molecule has 0 radical (unpaired) electrons. The van der Waals surface area contributed by atoms with E-state index in [1.807, 2.05) is 52.0 Å². The lowest BCUT2D eigenvalue weighted by Gasteiger charge is -2.31. The first-order valence-corrected chi connectivity index (χ1v) is 20.1. The smallest absolute Gasteiger partial charge is 0.407 e. The third-order valence-corrected chi connectivity index (χ3v) is 10.8. The second-order valence-corrected chi connectivity index (χ2v) is 15.7. The number of amides is 4. The van der Waals surface area contributed by atoms with E-state index in [1.165, 1.54) is 14.2 Å². The molecule has 2 fully saturated rings. The molecule has 4 unspecified atom stereocenters. The van der Waals surface area contributed by atoms with Gasteiger partial charge in [0.25, 0.3) is 0 Å². The van der Waals surface area contributed by atoms with Crippen LogP contribution in [0.1, 0.15) is 101 Å². The number of carbonyl (C=O) groups excluding carboxylic acids is 5. The predicted molar refractivity (Wildman–Crippen MR) is 226 cm³/mol. The number of likely N-dealkylation sites (tertiary alicyclic amines) is 1. The minimum absolute atomic E-state index is 0.134. The Morgan fingerprint density at radius 1 is 0.780 bits per heavy atom. The van der Waals surface area contributed by atoms with Crippen molar-refractivity contribution in [2.75, 3.05) is 27.3 Å². The van der Waals surface area contributed by atoms with Gasteiger partial charge in [-0.1, -0.05) is 91.2 Å². The van der Waals surface area contributed by atoms with Gasteiger partial charge in [0.2, 0.25) is 17.7 Å². The summed E-state index contributed by atoms with van der Waals surface area (Å²) in [6, 6.07) is -1.79. The van der Waals surface area contributed by atoms with Crippen molar-refractivity contribution in [3.8, 4) is 0 Å². The quantitative estimate of drug-likeness (QED) is 0.0907. The predicted octanol–water partition coefficient (Wildman–Crippen LogP) is 5.83. The first-order valence-electron chi connectivity index (χ1n) is 20.1. The second kappa shape index (κ2) is 21.1. The van der Waals surface area contributed by atoms with Gasteiger partial charge in [0.05, 0.1) is 44.0 Å². The summed E-state index contributed by atoms with van der Waals surface area (Å²) < 4.78 is 9.34. The number of aromatic nitrogens is 4. The number of aromatic amines is 2. The number of methoxy groups -OCH3 is 2. The van der Waals surface area contributed by atoms with E-state index in [9.17, 15) is 24.0 Å². The van der Waals surface area contributed by atoms with E-state index in [0.717, 1.165) is 32.1 Å². The number of alkyl carbamates (subject to hydrolysis) is 1. The molecule has 4 amide bonds. The van der Waals surface area contributed by atoms with Crippen LogP contribution in [-0.2, 0) is 28.7 Å². The highest BCUT2D eigenvalue weighted by molar-refractivity contribution is 5.91. The van der Waals surface area contributed by atoms with Crippen molar-refractivity contribution in [3.05, 3.63) is 97.2 Å². The Morgan fingerprint density at radius 3 is 1.93 bits per heavy atom. The minimum Gasteiger partial charge on any atom is -0.468 e. The van der Waals surface area contributed by atoms with E-state index in [1.54, 1.807) is 17.3 Å². The number of ether oxygens (including phenoxy) is 2. The number of esters is 1. The van der Waals surface area contributed by atoms with Gasteiger partial charge in [-0.3, -0.25) is 19.2 Å². The van der Waals surface area contributed by atoms with Crippen LogP contribution in [0.2, 0.25) is 0 Å². The highest BCUT2D eigenvalue weighted by Gasteiger charge is 2.38. The zero-order valence-corrected chi connectivity index (χ0v) is 35.2. The molecular formula is C44H60N8O7. The molecule has 1 saturated carbocycles. The van der Waals surface area contributed by atoms with Crippen molar-refractivity contribution < 1.29 is 33.4 Å². The summed E-state index contributed by atoms with van der Waals surface area (Å²) in [5.74, 6) is -0.996. The molecule has 5 atom stereocenters. The fraction of sp³-hybridized carbons (Fsp3) is 0.477. The summed E-state index contributed by atoms with van der Waals surface area (Å²) >= 11 is 0. The number of nitrogens with zero attached hydrogens (tertiary/aromatic N) is 3. The average Bonchev–Trinajstić information content (AvgIpc) is 4.03. The summed E-state index contributed by atoms with van der Waals surface area (Å²) in [5, 5.41) is 8.13. The molecule has 0 bridgehead atoms. The molecule has 15 nitrogen and oxygen atoms in total. The minimum atomic E-state index is -0.810. The van der Waals surface area contributed by atoms with Crippen molar-refractivity contribution in [1.82, 2.24) is 40.8 Å². The Balaban J connectivity index is 1.34. The molecule has 5 N–H and O–H groups in total. The molecule has 59 heavy (non-hydrogen) atoms. The summed E-state index contributed by atoms with van der Waals surface area (Å²) in [4.78, 5) is 81.1. The van der Waals surface area contributed by atoms with Gasteiger partial charge in [-0.2, -0.15) is 0 Å². The van der Waals surface area contributed by atoms with Crippen LogP contribution in [0.5, 0.6) is 0 Å². The zero-order chi connectivity index (χ0) is 43.4. The molecule has 2 aromatic rings. The Bertz CT molecular complexity index is 1970. The maximum atomic E-state index is 13.6. The topological polar surface area (TPSA) is 200 Å². The van der Waals surface area contributed by atoms with Gasteiger partial charge in [-0.25, -0.2) is 14.8 Å². The van der Waals surface area contributed by atoms with Crippen molar-refractivity contribution >= 4 is 40.9 Å². The third-order valence-electron chi connectivity index (χ3n) is 10.8. The average molecular weight is 813 g/mol. The van der Waals surface area contributed by atoms with E-state index < -0.39 is 30.1 Å². The molecule has 0 aromatic carbocycles. The summed E-state index contributed by atoms with van der Waals surface area (Å²) in [6.45, 7) is 24.4. The molecule has 3 heterocycles. The van der Waals surface area contributed by atoms with Crippen molar-refractivity contribution in [1.29, 1.82) is 0 Å². The van der Waals surface area contributed by atoms with E-state index >= 15 is 0 Å². The molecule has 0 spiro atoms. The SMILES string of the molecule is C=C(/C=C\C(=C)c1cnc(C2CCCN2C(=O)C(NC(=O)OC)C(C)C)[nH]1)C(=C)/C=C\C(=C)c1cnc([C@@H]2CCCCC2C(=O)NC(C(=O)NCC(=O)OC)C(C)C)[nH]1. The van der Waals surface area contributed by atoms with Crippen LogP contribution in [-0.4, -0.2) is 94.0 Å². The molecule has 2 aliphatic rings. The van der Waals surface area contributed by atoms with Crippen LogP contribution < -0.4 is 16.0 Å². The molecule has 2 aromatic heterocycles. The first kappa shape index (κ1) is 45.7. The van der Waals surface area contributed by atoms with Crippen LogP contribution in [0, 0.1) is 17.8 Å². The van der Waals surface area contributed by atoms with Gasteiger partial charge in [-0.15, -0.1) is 0 Å². The normalized spacial score (nSPS) is 19.1. The lowest BCUT2D eigenvalue weighted by molar-refractivity contribution is -0.141. The Morgan fingerprint density at radius 2 is 1.36 bits per heavy atom. The maximum Gasteiger partial charge on any atom is 0.407 e. The Kier molecular flexibility index (Phi) is 16.4. The standard InChI is InChI=1S/C44H60N8O7/c1-25(2)37(42(55)47-24-36(53)58-9)50-41(54)32-15-12-11-14-31(32)39-45-22-33(48-39)29(7)19-17-27(5)28(6)18-20-30(8)34-23-46-40(49-34)35-16-13-21-52(35)43(56)38(26(3)4)51-44(57)59-10/h17-20,22-23,25-26,31-32,35,37-38H,5-8,11-16,21,24H2,1-4,9-10H3,(H,45,48)(H,46,49)(H,47,55)(H,50,54)(H,51,57)/b19-17-,20-18-/t31-,32?,35?,37?,38?/m1/s1. The Hall–Kier alpha value is -5.99. The van der Waals surface area contributed by atoms with Crippen LogP contribution in [0.3, 0.4) is 0 Å². The third kappa shape index (κ3) is 12.0. The van der Waals surface area contributed by atoms with Crippen LogP contribution in [0.15, 0.2) is 74.2 Å². The summed E-state index contributed by atoms with van der Waals surface area (Å²) in [7, 11) is 2.51. The second-order valence-electron chi connectivity index (χ2n) is 15.7. The van der Waals surface area contributed by atoms with Crippen LogP contribution >= 0.6 is 0 Å². The van der Waals surface area contributed by atoms with Gasteiger partial charge in [0.15, 0.2) is 0 Å². The van der Waals surface area contributed by atoms with Crippen molar-refractivity contribution in [2.45, 2.75) is 90.3 Å². The molecule has 1 saturated heterocycles. The van der Waals surface area contributed by atoms with Crippen LogP contribution in [0.25, 0.3) is 11.1 Å². The number of allylic oxidation sites excluding steroid dienone is 8. The summed E-state index contributed by atoms with van der Waals surface area (Å²) in [5.41, 5.74) is 4.02. The Labute approximate surface area is 347 Å². The summed E-state index contributed by atoms with van der Waals surface area (Å²) in [6.07, 6.45) is 14.8. The number of imidazole rings is 2. The highest BCUT2D eigenvalue weighted by atomic mass is 16.5. The van der Waals surface area contributed by atoms with Crippen LogP contribution in [0.4, 0.5) is 4.79 Å². The highest BCUT2D eigenvalue weighted by Crippen LogP contribution is 2.37. The molecule has 318 valence electrons. The van der Waals surface area contributed by atoms with Gasteiger partial charge >= 0.3 is 12.1 Å². The lowest BCUT2D eigenvalue weighted by Crippen LogP contribution is -2.52. The van der Waals surface area contributed by atoms with Gasteiger partial charge in [0.1, 0.15) is 30.3 Å². The largest absolute Gasteiger partial charge is 0.468 e. The number of hydrogen-bond acceptors (Lipinski definition) is 9. The monoisotopic (exact) mass is 812 g/mol. The molecule has 1 aliphatic carbocycles. The number of nitrogens with one attached hydrogen (secondary N) is 5. The molecule has 4 rings (SSSR count). The van der Waals surface area contributed by atoms with Gasteiger partial charge in [-0.05, 0) is 59.8 Å². The molecular weight excluding hydrogens is 753 g/mol. The number of rotatable bonds is 18. The molecule has 15 heteroatoms. The zero-order valence-electron chi connectivity index (χ0n) is 35.2. The molecule has 1 aliphatic heterocycles. The fourth-order valence-corrected chi connectivity index (χ4v) is 7.25. The number of carbonyl (C=O) groups is 5.